The van der Waals surface area contributed by atoms with Gasteiger partial charge in [0.2, 0.25) is 5.69 Å². The van der Waals surface area contributed by atoms with E-state index in [1.807, 2.05) is 18.5 Å². The van der Waals surface area contributed by atoms with E-state index in [0.717, 1.165) is 5.56 Å². The smallest absolute Gasteiger partial charge is 0.220 e. The van der Waals surface area contributed by atoms with E-state index >= 15 is 0 Å². The molecule has 0 unspecified atom stereocenters. The first-order valence-electron chi connectivity index (χ1n) is 8.96. The molecule has 2 aromatic carbocycles. The summed E-state index contributed by atoms with van der Waals surface area (Å²) < 4.78 is 2.26. The molecule has 26 heavy (non-hydrogen) atoms. The summed E-state index contributed by atoms with van der Waals surface area (Å²) in [5.74, 6) is 0. The molecule has 2 heterocycles. The Morgan fingerprint density at radius 2 is 1.62 bits per heavy atom. The van der Waals surface area contributed by atoms with Crippen molar-refractivity contribution < 1.29 is 4.57 Å². The van der Waals surface area contributed by atoms with Crippen LogP contribution in [0.2, 0.25) is 0 Å². The number of aryl methyl sites for hydroxylation is 3. The summed E-state index contributed by atoms with van der Waals surface area (Å²) in [7, 11) is 2.14. The minimum absolute atomic E-state index is 1.14. The van der Waals surface area contributed by atoms with Gasteiger partial charge < -0.3 is 0 Å². The van der Waals surface area contributed by atoms with Gasteiger partial charge in [0.1, 0.15) is 7.05 Å². The quantitative estimate of drug-likeness (QED) is 0.452. The topological polar surface area (TPSA) is 16.8 Å². The zero-order valence-corrected chi connectivity index (χ0v) is 15.7. The number of aromatic nitrogens is 2. The van der Waals surface area contributed by atoms with Crippen LogP contribution in [-0.2, 0) is 7.05 Å². The average Bonchev–Trinajstić information content (AvgIpc) is 2.65. The molecule has 0 fully saturated rings. The lowest BCUT2D eigenvalue weighted by atomic mass is 9.92. The molecule has 0 amide bonds. The maximum absolute atomic E-state index is 4.31. The molecular formula is C24H23N2+. The SMILES string of the molecule is Cc1cc(C)c(C)c(-c2c3ccccc3c(-c3cccnc3)c[n+]2C)c1. The van der Waals surface area contributed by atoms with E-state index in [1.165, 1.54) is 44.3 Å². The minimum Gasteiger partial charge on any atom is -0.264 e. The number of fused-ring (bicyclic) bond motifs is 1. The molecule has 2 heteroatoms. The third kappa shape index (κ3) is 2.68. The standard InChI is InChI=1S/C24H23N2/c1-16-12-17(2)18(3)22(13-16)24-21-10-6-5-9-20(21)23(15-26(24)4)19-8-7-11-25-14-19/h5-15H,1-4H3/q+1. The predicted octanol–water partition coefficient (Wildman–Crippen LogP) is 5.32. The second-order valence-electron chi connectivity index (χ2n) is 7.04. The Balaban J connectivity index is 2.10. The molecule has 4 rings (SSSR count). The zero-order chi connectivity index (χ0) is 18.3. The Labute approximate surface area is 154 Å². The van der Waals surface area contributed by atoms with E-state index in [2.05, 4.69) is 86.0 Å². The van der Waals surface area contributed by atoms with Crippen molar-refractivity contribution in [2.45, 2.75) is 20.8 Å². The van der Waals surface area contributed by atoms with Crippen LogP contribution in [-0.4, -0.2) is 4.98 Å². The fraction of sp³-hybridized carbons (Fsp3) is 0.167. The Bertz CT molecular complexity index is 1110. The highest BCUT2D eigenvalue weighted by molar-refractivity contribution is 6.02. The molecule has 4 aromatic rings. The zero-order valence-electron chi connectivity index (χ0n) is 15.7. The lowest BCUT2D eigenvalue weighted by Crippen LogP contribution is -2.31. The summed E-state index contributed by atoms with van der Waals surface area (Å²) in [6.45, 7) is 6.58. The highest BCUT2D eigenvalue weighted by Crippen LogP contribution is 2.34. The third-order valence-corrected chi connectivity index (χ3v) is 5.19. The van der Waals surface area contributed by atoms with Crippen LogP contribution >= 0.6 is 0 Å². The highest BCUT2D eigenvalue weighted by Gasteiger charge is 2.21. The molecule has 0 bridgehead atoms. The van der Waals surface area contributed by atoms with Gasteiger partial charge in [0.05, 0.1) is 16.5 Å². The molecule has 0 aliphatic rings. The van der Waals surface area contributed by atoms with E-state index in [9.17, 15) is 0 Å². The van der Waals surface area contributed by atoms with Crippen molar-refractivity contribution in [2.75, 3.05) is 0 Å². The van der Waals surface area contributed by atoms with E-state index in [4.69, 9.17) is 0 Å². The second kappa shape index (κ2) is 6.38. The monoisotopic (exact) mass is 339 g/mol. The van der Waals surface area contributed by atoms with Crippen LogP contribution in [0.4, 0.5) is 0 Å². The van der Waals surface area contributed by atoms with Gasteiger partial charge in [0.15, 0.2) is 6.20 Å². The van der Waals surface area contributed by atoms with Crippen molar-refractivity contribution in [1.29, 1.82) is 0 Å². The Hall–Kier alpha value is -3.00. The lowest BCUT2D eigenvalue weighted by Gasteiger charge is -2.13. The molecule has 0 N–H and O–H groups in total. The van der Waals surface area contributed by atoms with E-state index in [0.29, 0.717) is 0 Å². The van der Waals surface area contributed by atoms with Crippen LogP contribution in [0.1, 0.15) is 16.7 Å². The van der Waals surface area contributed by atoms with Crippen molar-refractivity contribution in [3.8, 4) is 22.4 Å². The maximum atomic E-state index is 4.31. The average molecular weight is 339 g/mol. The summed E-state index contributed by atoms with van der Waals surface area (Å²) in [4.78, 5) is 4.31. The number of rotatable bonds is 2. The van der Waals surface area contributed by atoms with Gasteiger partial charge in [0, 0.05) is 23.3 Å². The van der Waals surface area contributed by atoms with Crippen molar-refractivity contribution in [3.63, 3.8) is 0 Å². The summed E-state index contributed by atoms with van der Waals surface area (Å²) in [5, 5.41) is 2.52. The van der Waals surface area contributed by atoms with E-state index in [1.54, 1.807) is 0 Å². The molecule has 0 aliphatic heterocycles. The number of benzene rings is 2. The van der Waals surface area contributed by atoms with Gasteiger partial charge in [-0.15, -0.1) is 0 Å². The first-order chi connectivity index (χ1) is 12.6. The molecule has 128 valence electrons. The van der Waals surface area contributed by atoms with Crippen molar-refractivity contribution >= 4 is 10.8 Å². The molecule has 0 atom stereocenters. The van der Waals surface area contributed by atoms with Crippen LogP contribution in [0.25, 0.3) is 33.2 Å². The minimum atomic E-state index is 1.14. The number of nitrogens with zero attached hydrogens (tertiary/aromatic N) is 2. The number of hydrogen-bond donors (Lipinski definition) is 0. The van der Waals surface area contributed by atoms with Crippen LogP contribution in [0.3, 0.4) is 0 Å². The molecule has 0 radical (unpaired) electrons. The summed E-state index contributed by atoms with van der Waals surface area (Å²) in [6.07, 6.45) is 5.98. The molecule has 0 saturated heterocycles. The van der Waals surface area contributed by atoms with Crippen molar-refractivity contribution in [3.05, 3.63) is 83.8 Å². The third-order valence-electron chi connectivity index (χ3n) is 5.19. The van der Waals surface area contributed by atoms with Crippen molar-refractivity contribution in [1.82, 2.24) is 4.98 Å². The first kappa shape index (κ1) is 16.5. The second-order valence-corrected chi connectivity index (χ2v) is 7.04. The van der Waals surface area contributed by atoms with Crippen LogP contribution < -0.4 is 4.57 Å². The van der Waals surface area contributed by atoms with Gasteiger partial charge in [-0.2, -0.15) is 4.57 Å². The van der Waals surface area contributed by atoms with Crippen LogP contribution in [0, 0.1) is 20.8 Å². The van der Waals surface area contributed by atoms with E-state index in [-0.39, 0.29) is 0 Å². The van der Waals surface area contributed by atoms with E-state index < -0.39 is 0 Å². The highest BCUT2D eigenvalue weighted by atomic mass is 14.9. The van der Waals surface area contributed by atoms with Gasteiger partial charge >= 0.3 is 0 Å². The fourth-order valence-electron chi connectivity index (χ4n) is 3.82. The van der Waals surface area contributed by atoms with Crippen LogP contribution in [0.15, 0.2) is 67.1 Å². The maximum Gasteiger partial charge on any atom is 0.220 e. The number of pyridine rings is 2. The normalized spacial score (nSPS) is 11.1. The van der Waals surface area contributed by atoms with Gasteiger partial charge in [-0.3, -0.25) is 4.98 Å². The summed E-state index contributed by atoms with van der Waals surface area (Å²) >= 11 is 0. The molecule has 2 nitrogen and oxygen atoms in total. The number of hydrogen-bond acceptors (Lipinski definition) is 1. The molecule has 2 aromatic heterocycles. The van der Waals surface area contributed by atoms with Gasteiger partial charge in [-0.1, -0.05) is 35.9 Å². The van der Waals surface area contributed by atoms with Gasteiger partial charge in [-0.05, 0) is 50.1 Å². The molecular weight excluding hydrogens is 316 g/mol. The Morgan fingerprint density at radius 1 is 0.846 bits per heavy atom. The largest absolute Gasteiger partial charge is 0.264 e. The van der Waals surface area contributed by atoms with Crippen molar-refractivity contribution in [2.24, 2.45) is 7.05 Å². The lowest BCUT2D eigenvalue weighted by molar-refractivity contribution is -0.658. The van der Waals surface area contributed by atoms with Crippen LogP contribution in [0.5, 0.6) is 0 Å². The van der Waals surface area contributed by atoms with Gasteiger partial charge in [0.25, 0.3) is 0 Å². The summed E-state index contributed by atoms with van der Waals surface area (Å²) in [5.41, 5.74) is 8.89. The fourth-order valence-corrected chi connectivity index (χ4v) is 3.82. The summed E-state index contributed by atoms with van der Waals surface area (Å²) in [6, 6.07) is 17.3. The first-order valence-corrected chi connectivity index (χ1v) is 8.96. The Kier molecular flexibility index (Phi) is 4.04. The molecule has 0 saturated carbocycles. The Morgan fingerprint density at radius 3 is 2.35 bits per heavy atom. The predicted molar refractivity (Wildman–Crippen MR) is 108 cm³/mol. The molecule has 0 aliphatic carbocycles. The van der Waals surface area contributed by atoms with Gasteiger partial charge in [-0.25, -0.2) is 0 Å². The molecule has 0 spiro atoms.